The van der Waals surface area contributed by atoms with Crippen LogP contribution in [0, 0.1) is 22.9 Å². The summed E-state index contributed by atoms with van der Waals surface area (Å²) in [7, 11) is 0. The number of anilines is 1. The van der Waals surface area contributed by atoms with Crippen molar-refractivity contribution in [2.24, 2.45) is 0 Å². The van der Waals surface area contributed by atoms with E-state index in [1.165, 1.54) is 12.1 Å². The van der Waals surface area contributed by atoms with Crippen LogP contribution in [0.5, 0.6) is 5.75 Å². The highest BCUT2D eigenvalue weighted by Gasteiger charge is 2.33. The first-order chi connectivity index (χ1) is 14.3. The minimum Gasteiger partial charge on any atom is -0.508 e. The quantitative estimate of drug-likeness (QED) is 0.462. The molecule has 0 saturated heterocycles. The van der Waals surface area contributed by atoms with Gasteiger partial charge in [-0.25, -0.2) is 4.39 Å². The zero-order valence-electron chi connectivity index (χ0n) is 16.9. The fourth-order valence-corrected chi connectivity index (χ4v) is 4.27. The molecule has 1 heterocycles. The predicted octanol–water partition coefficient (Wildman–Crippen LogP) is 5.29. The van der Waals surface area contributed by atoms with Gasteiger partial charge < -0.3 is 10.0 Å². The molecule has 6 heteroatoms. The maximum atomic E-state index is 13.2. The van der Waals surface area contributed by atoms with Crippen molar-refractivity contribution in [1.82, 2.24) is 0 Å². The first kappa shape index (κ1) is 19.9. The molecule has 3 aromatic carbocycles. The fourth-order valence-electron chi connectivity index (χ4n) is 4.27. The normalized spacial score (nSPS) is 15.3. The Hall–Kier alpha value is -3.41. The van der Waals surface area contributed by atoms with Crippen LogP contribution in [0.1, 0.15) is 34.7 Å². The van der Waals surface area contributed by atoms with Crippen molar-refractivity contribution < 1.29 is 14.4 Å². The van der Waals surface area contributed by atoms with Gasteiger partial charge in [0.25, 0.3) is 5.69 Å². The number of hydrogen-bond acceptors (Lipinski definition) is 4. The van der Waals surface area contributed by atoms with Gasteiger partial charge in [0.15, 0.2) is 0 Å². The van der Waals surface area contributed by atoms with Gasteiger partial charge in [-0.05, 0) is 54.3 Å². The highest BCUT2D eigenvalue weighted by Crippen LogP contribution is 2.41. The number of hydrogen-bond donors (Lipinski definition) is 1. The Morgan fingerprint density at radius 2 is 1.83 bits per heavy atom. The van der Waals surface area contributed by atoms with Gasteiger partial charge in [-0.2, -0.15) is 0 Å². The number of aromatic hydroxyl groups is 1. The van der Waals surface area contributed by atoms with Crippen LogP contribution in [0.3, 0.4) is 0 Å². The molecule has 154 valence electrons. The zero-order chi connectivity index (χ0) is 21.4. The summed E-state index contributed by atoms with van der Waals surface area (Å²) >= 11 is 0. The van der Waals surface area contributed by atoms with E-state index < -0.39 is 0 Å². The van der Waals surface area contributed by atoms with E-state index in [4.69, 9.17) is 0 Å². The number of benzene rings is 3. The number of nitro benzene ring substituents is 1. The third kappa shape index (κ3) is 3.73. The van der Waals surface area contributed by atoms with Crippen LogP contribution in [0.25, 0.3) is 0 Å². The molecule has 0 aromatic heterocycles. The predicted molar refractivity (Wildman–Crippen MR) is 114 cm³/mol. The molecular weight excluding hydrogens is 383 g/mol. The first-order valence-corrected chi connectivity index (χ1v) is 9.92. The molecular formula is C24H23FN2O3. The smallest absolute Gasteiger partial charge is 0.274 e. The summed E-state index contributed by atoms with van der Waals surface area (Å²) in [6, 6.07) is 15.3. The lowest BCUT2D eigenvalue weighted by molar-refractivity contribution is -0.385. The van der Waals surface area contributed by atoms with Gasteiger partial charge in [-0.1, -0.05) is 30.3 Å². The Bertz CT molecular complexity index is 1110. The maximum absolute atomic E-state index is 13.2. The van der Waals surface area contributed by atoms with E-state index in [-0.39, 0.29) is 28.2 Å². The van der Waals surface area contributed by atoms with Crippen LogP contribution in [0.2, 0.25) is 0 Å². The minimum absolute atomic E-state index is 0.133. The molecule has 0 saturated carbocycles. The summed E-state index contributed by atoms with van der Waals surface area (Å²) in [4.78, 5) is 13.3. The summed E-state index contributed by atoms with van der Waals surface area (Å²) < 4.78 is 13.2. The lowest BCUT2D eigenvalue weighted by Gasteiger charge is -2.26. The highest BCUT2D eigenvalue weighted by atomic mass is 19.1. The van der Waals surface area contributed by atoms with Crippen molar-refractivity contribution in [3.8, 4) is 5.75 Å². The Kier molecular flexibility index (Phi) is 5.16. The molecule has 3 aromatic rings. The van der Waals surface area contributed by atoms with Crippen molar-refractivity contribution in [3.63, 3.8) is 0 Å². The molecule has 1 unspecified atom stereocenters. The van der Waals surface area contributed by atoms with Crippen molar-refractivity contribution in [1.29, 1.82) is 0 Å². The second-order valence-electron chi connectivity index (χ2n) is 7.93. The van der Waals surface area contributed by atoms with Gasteiger partial charge in [0.05, 0.1) is 16.2 Å². The Balaban J connectivity index is 1.64. The molecule has 30 heavy (non-hydrogen) atoms. The van der Waals surface area contributed by atoms with Gasteiger partial charge in [0, 0.05) is 31.5 Å². The van der Waals surface area contributed by atoms with E-state index in [0.29, 0.717) is 19.4 Å². The molecule has 0 aliphatic carbocycles. The van der Waals surface area contributed by atoms with E-state index in [9.17, 15) is 19.6 Å². The molecule has 1 aliphatic rings. The van der Waals surface area contributed by atoms with Gasteiger partial charge in [-0.3, -0.25) is 10.1 Å². The van der Waals surface area contributed by atoms with Crippen molar-refractivity contribution >= 4 is 11.4 Å². The molecule has 1 aliphatic heterocycles. The van der Waals surface area contributed by atoms with Crippen LogP contribution in [-0.4, -0.2) is 16.1 Å². The molecule has 0 spiro atoms. The van der Waals surface area contributed by atoms with Gasteiger partial charge in [0.1, 0.15) is 11.6 Å². The molecule has 0 amide bonds. The van der Waals surface area contributed by atoms with Crippen molar-refractivity contribution in [2.75, 3.05) is 4.90 Å². The Morgan fingerprint density at radius 3 is 2.53 bits per heavy atom. The monoisotopic (exact) mass is 406 g/mol. The maximum Gasteiger partial charge on any atom is 0.274 e. The standard InChI is InChI=1S/C24H23FN2O3/c1-15-3-9-22(27(29)30)21-11-16(2)26(24(15)21)14-18-6-10-23(28)19(13-18)12-17-4-7-20(25)8-5-17/h3-10,13,16,28H,11-12,14H2,1-2H3. The molecule has 5 nitrogen and oxygen atoms in total. The lowest BCUT2D eigenvalue weighted by atomic mass is 10.0. The van der Waals surface area contributed by atoms with Crippen LogP contribution >= 0.6 is 0 Å². The fraction of sp³-hybridized carbons (Fsp3) is 0.250. The second-order valence-corrected chi connectivity index (χ2v) is 7.93. The number of rotatable bonds is 5. The zero-order valence-corrected chi connectivity index (χ0v) is 16.9. The van der Waals surface area contributed by atoms with Gasteiger partial charge >= 0.3 is 0 Å². The lowest BCUT2D eigenvalue weighted by Crippen LogP contribution is -2.29. The number of fused-ring (bicyclic) bond motifs is 1. The summed E-state index contributed by atoms with van der Waals surface area (Å²) in [6.07, 6.45) is 1.13. The minimum atomic E-state index is -0.310. The Morgan fingerprint density at radius 1 is 1.13 bits per heavy atom. The number of halogens is 1. The third-order valence-electron chi connectivity index (χ3n) is 5.78. The van der Waals surface area contributed by atoms with Crippen LogP contribution in [0.15, 0.2) is 54.6 Å². The molecule has 4 rings (SSSR count). The average molecular weight is 406 g/mol. The molecule has 1 atom stereocenters. The number of aryl methyl sites for hydroxylation is 1. The van der Waals surface area contributed by atoms with Crippen LogP contribution in [0.4, 0.5) is 15.8 Å². The molecule has 1 N–H and O–H groups in total. The highest BCUT2D eigenvalue weighted by molar-refractivity contribution is 5.70. The number of nitro groups is 1. The van der Waals surface area contributed by atoms with E-state index in [1.54, 1.807) is 30.3 Å². The number of nitrogens with zero attached hydrogens (tertiary/aromatic N) is 2. The summed E-state index contributed by atoms with van der Waals surface area (Å²) in [5.41, 5.74) is 5.60. The Labute approximate surface area is 174 Å². The van der Waals surface area contributed by atoms with Crippen LogP contribution in [-0.2, 0) is 19.4 Å². The van der Waals surface area contributed by atoms with E-state index in [0.717, 1.165) is 33.5 Å². The first-order valence-electron chi connectivity index (χ1n) is 9.92. The van der Waals surface area contributed by atoms with E-state index >= 15 is 0 Å². The van der Waals surface area contributed by atoms with Crippen molar-refractivity contribution in [2.45, 2.75) is 39.3 Å². The van der Waals surface area contributed by atoms with Gasteiger partial charge in [-0.15, -0.1) is 0 Å². The second kappa shape index (κ2) is 7.78. The largest absolute Gasteiger partial charge is 0.508 e. The topological polar surface area (TPSA) is 66.6 Å². The summed E-state index contributed by atoms with van der Waals surface area (Å²) in [6.45, 7) is 4.64. The average Bonchev–Trinajstić information content (AvgIpc) is 3.03. The summed E-state index contributed by atoms with van der Waals surface area (Å²) in [5.74, 6) is -0.0902. The number of phenols is 1. The van der Waals surface area contributed by atoms with Crippen molar-refractivity contribution in [3.05, 3.63) is 98.3 Å². The molecule has 0 fully saturated rings. The SMILES string of the molecule is Cc1ccc([N+](=O)[O-])c2c1N(Cc1ccc(O)c(Cc3ccc(F)cc3)c1)C(C)C2. The summed E-state index contributed by atoms with van der Waals surface area (Å²) in [5, 5.41) is 21.8. The van der Waals surface area contributed by atoms with Crippen LogP contribution < -0.4 is 4.90 Å². The molecule has 0 bridgehead atoms. The van der Waals surface area contributed by atoms with E-state index in [1.807, 2.05) is 19.1 Å². The number of phenolic OH excluding ortho intramolecular Hbond substituents is 1. The third-order valence-corrected chi connectivity index (χ3v) is 5.78. The van der Waals surface area contributed by atoms with Gasteiger partial charge in [0.2, 0.25) is 0 Å². The molecule has 0 radical (unpaired) electrons. The van der Waals surface area contributed by atoms with E-state index in [2.05, 4.69) is 11.8 Å².